The maximum atomic E-state index is 12.5. The average molecular weight is 324 g/mol. The molecule has 2 aromatic rings. The van der Waals surface area contributed by atoms with Crippen LogP contribution in [0.25, 0.3) is 11.1 Å². The van der Waals surface area contributed by atoms with E-state index in [1.54, 1.807) is 7.11 Å². The maximum absolute atomic E-state index is 12.5. The predicted molar refractivity (Wildman–Crippen MR) is 96.4 cm³/mol. The molecule has 2 aromatic carbocycles. The normalized spacial score (nSPS) is 17.7. The van der Waals surface area contributed by atoms with Gasteiger partial charge in [-0.15, -0.1) is 0 Å². The summed E-state index contributed by atoms with van der Waals surface area (Å²) in [6, 6.07) is 15.5. The lowest BCUT2D eigenvalue weighted by Crippen LogP contribution is -2.30. The fourth-order valence-corrected chi connectivity index (χ4v) is 3.24. The minimum Gasteiger partial charge on any atom is -0.496 e. The number of nitrogens with one attached hydrogen (secondary N) is 1. The molecule has 0 radical (unpaired) electrons. The molecule has 1 aliphatic heterocycles. The molecule has 0 bridgehead atoms. The molecule has 4 nitrogen and oxygen atoms in total. The Morgan fingerprint density at radius 2 is 2.08 bits per heavy atom. The van der Waals surface area contributed by atoms with Gasteiger partial charge in [0.05, 0.1) is 7.11 Å². The molecule has 24 heavy (non-hydrogen) atoms. The summed E-state index contributed by atoms with van der Waals surface area (Å²) in [5, 5.41) is 3.07. The van der Waals surface area contributed by atoms with E-state index in [4.69, 9.17) is 4.74 Å². The lowest BCUT2D eigenvalue weighted by atomic mass is 10.0. The van der Waals surface area contributed by atoms with Crippen LogP contribution in [0.3, 0.4) is 0 Å². The lowest BCUT2D eigenvalue weighted by molar-refractivity contribution is 0.0947. The average Bonchev–Trinajstić information content (AvgIpc) is 3.05. The van der Waals surface area contributed by atoms with Crippen molar-refractivity contribution in [3.8, 4) is 16.9 Å². The van der Waals surface area contributed by atoms with Gasteiger partial charge in [-0.25, -0.2) is 0 Å². The Morgan fingerprint density at radius 1 is 1.25 bits per heavy atom. The summed E-state index contributed by atoms with van der Waals surface area (Å²) in [6.45, 7) is 2.91. The Morgan fingerprint density at radius 3 is 2.83 bits per heavy atom. The zero-order valence-corrected chi connectivity index (χ0v) is 14.3. The second kappa shape index (κ2) is 7.49. The number of hydrogen-bond acceptors (Lipinski definition) is 3. The highest BCUT2D eigenvalue weighted by atomic mass is 16.5. The van der Waals surface area contributed by atoms with Crippen molar-refractivity contribution in [3.63, 3.8) is 0 Å². The number of amides is 1. The molecule has 0 aromatic heterocycles. The molecule has 0 aliphatic carbocycles. The predicted octanol–water partition coefficient (Wildman–Crippen LogP) is 3.04. The van der Waals surface area contributed by atoms with Gasteiger partial charge in [0.1, 0.15) is 5.75 Å². The molecular weight excluding hydrogens is 300 g/mol. The van der Waals surface area contributed by atoms with Crippen LogP contribution in [0.15, 0.2) is 48.5 Å². The number of methoxy groups -OCH3 is 1. The van der Waals surface area contributed by atoms with Crippen molar-refractivity contribution in [1.82, 2.24) is 10.2 Å². The first-order valence-corrected chi connectivity index (χ1v) is 8.37. The van der Waals surface area contributed by atoms with Crippen molar-refractivity contribution in [2.45, 2.75) is 6.42 Å². The number of ether oxygens (including phenoxy) is 1. The molecule has 1 N–H and O–H groups in total. The van der Waals surface area contributed by atoms with Crippen LogP contribution in [-0.4, -0.2) is 44.6 Å². The van der Waals surface area contributed by atoms with Gasteiger partial charge >= 0.3 is 0 Å². The number of carbonyl (C=O) groups excluding carboxylic acids is 1. The molecule has 0 unspecified atom stereocenters. The van der Waals surface area contributed by atoms with E-state index < -0.39 is 0 Å². The minimum atomic E-state index is -0.0127. The molecule has 4 heteroatoms. The van der Waals surface area contributed by atoms with Gasteiger partial charge in [-0.3, -0.25) is 4.79 Å². The Balaban J connectivity index is 1.71. The molecule has 0 saturated carbocycles. The van der Waals surface area contributed by atoms with E-state index in [0.717, 1.165) is 42.9 Å². The Bertz CT molecular complexity index is 714. The summed E-state index contributed by atoms with van der Waals surface area (Å²) in [7, 11) is 3.78. The SMILES string of the molecule is COc1ccccc1-c1cccc(C(=O)NC[C@H]2CCN(C)C2)c1. The van der Waals surface area contributed by atoms with E-state index in [1.165, 1.54) is 0 Å². The van der Waals surface area contributed by atoms with Gasteiger partial charge in [-0.05, 0) is 49.7 Å². The first-order chi connectivity index (χ1) is 11.7. The molecule has 1 saturated heterocycles. The van der Waals surface area contributed by atoms with E-state index >= 15 is 0 Å². The number of para-hydroxylation sites is 1. The fraction of sp³-hybridized carbons (Fsp3) is 0.350. The van der Waals surface area contributed by atoms with Crippen LogP contribution in [0.2, 0.25) is 0 Å². The second-order valence-electron chi connectivity index (χ2n) is 6.41. The molecule has 1 heterocycles. The number of nitrogens with zero attached hydrogens (tertiary/aromatic N) is 1. The van der Waals surface area contributed by atoms with Gasteiger partial charge < -0.3 is 15.0 Å². The number of carbonyl (C=O) groups is 1. The standard InChI is InChI=1S/C20H24N2O2/c1-22-11-10-15(14-22)13-21-20(23)17-7-5-6-16(12-17)18-8-3-4-9-19(18)24-2/h3-9,12,15H,10-11,13-14H2,1-2H3,(H,21,23)/t15-/m1/s1. The summed E-state index contributed by atoms with van der Waals surface area (Å²) in [5.41, 5.74) is 2.66. The molecule has 126 valence electrons. The van der Waals surface area contributed by atoms with E-state index in [1.807, 2.05) is 48.5 Å². The molecule has 1 atom stereocenters. The first-order valence-electron chi connectivity index (χ1n) is 8.37. The van der Waals surface area contributed by atoms with Crippen LogP contribution in [0.4, 0.5) is 0 Å². The van der Waals surface area contributed by atoms with Gasteiger partial charge in [0.25, 0.3) is 5.91 Å². The number of rotatable bonds is 5. The highest BCUT2D eigenvalue weighted by Gasteiger charge is 2.20. The Hall–Kier alpha value is -2.33. The van der Waals surface area contributed by atoms with E-state index in [2.05, 4.69) is 17.3 Å². The van der Waals surface area contributed by atoms with Gasteiger partial charge in [0, 0.05) is 24.2 Å². The summed E-state index contributed by atoms with van der Waals surface area (Å²) in [5.74, 6) is 1.35. The molecule has 1 amide bonds. The molecule has 1 aliphatic rings. The van der Waals surface area contributed by atoms with Gasteiger partial charge in [0.15, 0.2) is 0 Å². The van der Waals surface area contributed by atoms with Crippen molar-refractivity contribution < 1.29 is 9.53 Å². The number of benzene rings is 2. The third kappa shape index (κ3) is 3.77. The Kier molecular flexibility index (Phi) is 5.16. The molecule has 1 fully saturated rings. The van der Waals surface area contributed by atoms with Crippen LogP contribution >= 0.6 is 0 Å². The quantitative estimate of drug-likeness (QED) is 0.919. The maximum Gasteiger partial charge on any atom is 0.251 e. The van der Waals surface area contributed by atoms with Crippen LogP contribution in [0, 0.1) is 5.92 Å². The van der Waals surface area contributed by atoms with Crippen LogP contribution < -0.4 is 10.1 Å². The first kappa shape index (κ1) is 16.5. The highest BCUT2D eigenvalue weighted by molar-refractivity contribution is 5.95. The smallest absolute Gasteiger partial charge is 0.251 e. The molecular formula is C20H24N2O2. The third-order valence-corrected chi connectivity index (χ3v) is 4.58. The highest BCUT2D eigenvalue weighted by Crippen LogP contribution is 2.29. The summed E-state index contributed by atoms with van der Waals surface area (Å²) in [4.78, 5) is 14.8. The summed E-state index contributed by atoms with van der Waals surface area (Å²) in [6.07, 6.45) is 1.15. The van der Waals surface area contributed by atoms with E-state index in [9.17, 15) is 4.79 Å². The third-order valence-electron chi connectivity index (χ3n) is 4.58. The largest absolute Gasteiger partial charge is 0.496 e. The van der Waals surface area contributed by atoms with Gasteiger partial charge in [-0.2, -0.15) is 0 Å². The van der Waals surface area contributed by atoms with Crippen molar-refractivity contribution in [3.05, 3.63) is 54.1 Å². The minimum absolute atomic E-state index is 0.0127. The van der Waals surface area contributed by atoms with Crippen LogP contribution in [-0.2, 0) is 0 Å². The number of hydrogen-bond donors (Lipinski definition) is 1. The zero-order valence-electron chi connectivity index (χ0n) is 14.3. The second-order valence-corrected chi connectivity index (χ2v) is 6.41. The fourth-order valence-electron chi connectivity index (χ4n) is 3.24. The van der Waals surface area contributed by atoms with Crippen molar-refractivity contribution in [2.75, 3.05) is 33.8 Å². The number of likely N-dealkylation sites (tertiary alicyclic amines) is 1. The Labute approximate surface area is 143 Å². The zero-order chi connectivity index (χ0) is 16.9. The van der Waals surface area contributed by atoms with E-state index in [-0.39, 0.29) is 5.91 Å². The van der Waals surface area contributed by atoms with E-state index in [0.29, 0.717) is 11.5 Å². The van der Waals surface area contributed by atoms with Crippen LogP contribution in [0.1, 0.15) is 16.8 Å². The molecule has 0 spiro atoms. The summed E-state index contributed by atoms with van der Waals surface area (Å²) >= 11 is 0. The van der Waals surface area contributed by atoms with Crippen molar-refractivity contribution >= 4 is 5.91 Å². The topological polar surface area (TPSA) is 41.6 Å². The van der Waals surface area contributed by atoms with Crippen molar-refractivity contribution in [1.29, 1.82) is 0 Å². The van der Waals surface area contributed by atoms with Gasteiger partial charge in [-0.1, -0.05) is 30.3 Å². The summed E-state index contributed by atoms with van der Waals surface area (Å²) < 4.78 is 5.42. The lowest BCUT2D eigenvalue weighted by Gasteiger charge is -2.13. The van der Waals surface area contributed by atoms with Gasteiger partial charge in [0.2, 0.25) is 0 Å². The van der Waals surface area contributed by atoms with Crippen LogP contribution in [0.5, 0.6) is 5.75 Å². The van der Waals surface area contributed by atoms with Crippen molar-refractivity contribution in [2.24, 2.45) is 5.92 Å². The monoisotopic (exact) mass is 324 g/mol. The molecule has 3 rings (SSSR count).